The summed E-state index contributed by atoms with van der Waals surface area (Å²) in [7, 11) is 1.76. The maximum absolute atomic E-state index is 5.56. The Balaban J connectivity index is 1.95. The number of benzene rings is 1. The van der Waals surface area contributed by atoms with E-state index in [9.17, 15) is 0 Å². The predicted molar refractivity (Wildman–Crippen MR) is 74.3 cm³/mol. The summed E-state index contributed by atoms with van der Waals surface area (Å²) >= 11 is 5.56. The van der Waals surface area contributed by atoms with Crippen LogP contribution in [0.15, 0.2) is 30.3 Å². The standard InChI is InChI=1S/C14H19NOS/c1-16-11-13-8-5-9-15(13)14(17)10-12-6-3-2-4-7-12/h2-4,6-7,13H,5,8-11H2,1H3/t13-/m0/s1. The molecule has 92 valence electrons. The first kappa shape index (κ1) is 12.5. The second kappa shape index (κ2) is 6.12. The van der Waals surface area contributed by atoms with E-state index in [0.29, 0.717) is 6.04 Å². The maximum Gasteiger partial charge on any atom is 0.0827 e. The van der Waals surface area contributed by atoms with Gasteiger partial charge in [-0.2, -0.15) is 0 Å². The minimum Gasteiger partial charge on any atom is -0.383 e. The van der Waals surface area contributed by atoms with Crippen molar-refractivity contribution in [1.82, 2.24) is 4.90 Å². The van der Waals surface area contributed by atoms with E-state index in [1.54, 1.807) is 7.11 Å². The van der Waals surface area contributed by atoms with Gasteiger partial charge in [-0.3, -0.25) is 0 Å². The van der Waals surface area contributed by atoms with Crippen LogP contribution in [0.5, 0.6) is 0 Å². The molecule has 0 aliphatic carbocycles. The lowest BCUT2D eigenvalue weighted by Gasteiger charge is -2.26. The van der Waals surface area contributed by atoms with Crippen molar-refractivity contribution < 1.29 is 4.74 Å². The number of likely N-dealkylation sites (tertiary alicyclic amines) is 1. The third-order valence-electron chi connectivity index (χ3n) is 3.25. The van der Waals surface area contributed by atoms with Crippen LogP contribution in [0, 0.1) is 0 Å². The van der Waals surface area contributed by atoms with E-state index in [1.165, 1.54) is 18.4 Å². The van der Waals surface area contributed by atoms with Crippen LogP contribution >= 0.6 is 12.2 Å². The molecule has 0 bridgehead atoms. The quantitative estimate of drug-likeness (QED) is 0.761. The number of rotatable bonds is 4. The molecule has 0 spiro atoms. The van der Waals surface area contributed by atoms with Crippen molar-refractivity contribution in [1.29, 1.82) is 0 Å². The molecule has 2 nitrogen and oxygen atoms in total. The van der Waals surface area contributed by atoms with E-state index >= 15 is 0 Å². The molecule has 3 heteroatoms. The first-order valence-corrected chi connectivity index (χ1v) is 6.54. The fourth-order valence-corrected chi connectivity index (χ4v) is 2.81. The fourth-order valence-electron chi connectivity index (χ4n) is 2.40. The lowest BCUT2D eigenvalue weighted by molar-refractivity contribution is 0.145. The molecule has 2 rings (SSSR count). The third-order valence-corrected chi connectivity index (χ3v) is 3.63. The second-order valence-electron chi connectivity index (χ2n) is 4.50. The first-order chi connectivity index (χ1) is 8.31. The Morgan fingerprint density at radius 2 is 2.18 bits per heavy atom. The molecule has 17 heavy (non-hydrogen) atoms. The van der Waals surface area contributed by atoms with Crippen molar-refractivity contribution in [3.8, 4) is 0 Å². The molecule has 1 heterocycles. The molecule has 0 amide bonds. The van der Waals surface area contributed by atoms with Crippen LogP contribution in [0.25, 0.3) is 0 Å². The molecule has 1 aliphatic rings. The average Bonchev–Trinajstić information content (AvgIpc) is 2.79. The third kappa shape index (κ3) is 3.27. The van der Waals surface area contributed by atoms with Crippen molar-refractivity contribution >= 4 is 17.2 Å². The van der Waals surface area contributed by atoms with Gasteiger partial charge in [0.15, 0.2) is 0 Å². The molecular formula is C14H19NOS. The van der Waals surface area contributed by atoms with Crippen molar-refractivity contribution in [2.45, 2.75) is 25.3 Å². The van der Waals surface area contributed by atoms with E-state index in [1.807, 2.05) is 6.07 Å². The van der Waals surface area contributed by atoms with Gasteiger partial charge in [0.1, 0.15) is 0 Å². The highest BCUT2D eigenvalue weighted by molar-refractivity contribution is 7.80. The minimum absolute atomic E-state index is 0.483. The molecule has 1 aromatic carbocycles. The van der Waals surface area contributed by atoms with E-state index in [0.717, 1.165) is 24.6 Å². The minimum atomic E-state index is 0.483. The molecule has 0 saturated carbocycles. The summed E-state index contributed by atoms with van der Waals surface area (Å²) in [6.07, 6.45) is 3.29. The van der Waals surface area contributed by atoms with Gasteiger partial charge >= 0.3 is 0 Å². The van der Waals surface area contributed by atoms with E-state index in [2.05, 4.69) is 29.2 Å². The number of thiocarbonyl (C=S) groups is 1. The summed E-state index contributed by atoms with van der Waals surface area (Å²) in [6, 6.07) is 10.9. The topological polar surface area (TPSA) is 12.5 Å². The Labute approximate surface area is 109 Å². The molecule has 0 radical (unpaired) electrons. The van der Waals surface area contributed by atoms with Crippen LogP contribution < -0.4 is 0 Å². The molecule has 0 N–H and O–H groups in total. The highest BCUT2D eigenvalue weighted by atomic mass is 32.1. The van der Waals surface area contributed by atoms with Crippen LogP contribution in [0.3, 0.4) is 0 Å². The number of hydrogen-bond donors (Lipinski definition) is 0. The Kier molecular flexibility index (Phi) is 4.51. The monoisotopic (exact) mass is 249 g/mol. The summed E-state index contributed by atoms with van der Waals surface area (Å²) < 4.78 is 5.26. The lowest BCUT2D eigenvalue weighted by atomic mass is 10.1. The van der Waals surface area contributed by atoms with Crippen molar-refractivity contribution in [2.24, 2.45) is 0 Å². The van der Waals surface area contributed by atoms with Crippen LogP contribution in [-0.2, 0) is 11.2 Å². The number of ether oxygens (including phenoxy) is 1. The van der Waals surface area contributed by atoms with Crippen LogP contribution in [0.2, 0.25) is 0 Å². The molecule has 1 aliphatic heterocycles. The fraction of sp³-hybridized carbons (Fsp3) is 0.500. The van der Waals surface area contributed by atoms with Gasteiger partial charge < -0.3 is 9.64 Å². The van der Waals surface area contributed by atoms with Crippen molar-refractivity contribution in [3.05, 3.63) is 35.9 Å². The van der Waals surface area contributed by atoms with Gasteiger partial charge in [0.05, 0.1) is 17.6 Å². The lowest BCUT2D eigenvalue weighted by Crippen LogP contribution is -2.37. The van der Waals surface area contributed by atoms with Gasteiger partial charge in [0.25, 0.3) is 0 Å². The average molecular weight is 249 g/mol. The Morgan fingerprint density at radius 3 is 2.88 bits per heavy atom. The van der Waals surface area contributed by atoms with Gasteiger partial charge in [-0.05, 0) is 18.4 Å². The number of hydrogen-bond acceptors (Lipinski definition) is 2. The zero-order chi connectivity index (χ0) is 12.1. The second-order valence-corrected chi connectivity index (χ2v) is 4.97. The molecule has 0 aromatic heterocycles. The molecule has 1 atom stereocenters. The Bertz CT molecular complexity index is 366. The van der Waals surface area contributed by atoms with Gasteiger partial charge in [-0.25, -0.2) is 0 Å². The van der Waals surface area contributed by atoms with Crippen molar-refractivity contribution in [3.63, 3.8) is 0 Å². The number of methoxy groups -OCH3 is 1. The molecule has 0 unspecified atom stereocenters. The molecule has 1 saturated heterocycles. The highest BCUT2D eigenvalue weighted by Crippen LogP contribution is 2.19. The largest absolute Gasteiger partial charge is 0.383 e. The predicted octanol–water partition coefficient (Wildman–Crippen LogP) is 2.67. The molecular weight excluding hydrogens is 230 g/mol. The molecule has 1 aromatic rings. The SMILES string of the molecule is COC[C@@H]1CCCN1C(=S)Cc1ccccc1. The van der Waals surface area contributed by atoms with Gasteiger partial charge in [-0.15, -0.1) is 0 Å². The zero-order valence-electron chi connectivity index (χ0n) is 10.3. The Morgan fingerprint density at radius 1 is 1.41 bits per heavy atom. The summed E-state index contributed by atoms with van der Waals surface area (Å²) in [5, 5.41) is 0. The maximum atomic E-state index is 5.56. The van der Waals surface area contributed by atoms with E-state index in [-0.39, 0.29) is 0 Å². The van der Waals surface area contributed by atoms with Gasteiger partial charge in [-0.1, -0.05) is 42.5 Å². The zero-order valence-corrected chi connectivity index (χ0v) is 11.1. The van der Waals surface area contributed by atoms with Crippen LogP contribution in [-0.4, -0.2) is 36.2 Å². The van der Waals surface area contributed by atoms with E-state index in [4.69, 9.17) is 17.0 Å². The van der Waals surface area contributed by atoms with Crippen LogP contribution in [0.4, 0.5) is 0 Å². The van der Waals surface area contributed by atoms with E-state index < -0.39 is 0 Å². The highest BCUT2D eigenvalue weighted by Gasteiger charge is 2.25. The summed E-state index contributed by atoms with van der Waals surface area (Å²) in [4.78, 5) is 3.39. The smallest absolute Gasteiger partial charge is 0.0827 e. The summed E-state index contributed by atoms with van der Waals surface area (Å²) in [5.74, 6) is 0. The normalized spacial score (nSPS) is 19.6. The van der Waals surface area contributed by atoms with Gasteiger partial charge in [0, 0.05) is 20.1 Å². The number of nitrogens with zero attached hydrogens (tertiary/aromatic N) is 1. The summed E-state index contributed by atoms with van der Waals surface area (Å²) in [5.41, 5.74) is 1.29. The van der Waals surface area contributed by atoms with Crippen molar-refractivity contribution in [2.75, 3.05) is 20.3 Å². The summed E-state index contributed by atoms with van der Waals surface area (Å²) in [6.45, 7) is 1.87. The molecule has 1 fully saturated rings. The van der Waals surface area contributed by atoms with Crippen LogP contribution in [0.1, 0.15) is 18.4 Å². The Hall–Kier alpha value is -0.930. The van der Waals surface area contributed by atoms with Gasteiger partial charge in [0.2, 0.25) is 0 Å². The first-order valence-electron chi connectivity index (χ1n) is 6.13.